The first-order valence-electron chi connectivity index (χ1n) is 11.5. The van der Waals surface area contributed by atoms with Gasteiger partial charge in [-0.25, -0.2) is 9.40 Å². The van der Waals surface area contributed by atoms with Crippen LogP contribution < -0.4 is 20.5 Å². The van der Waals surface area contributed by atoms with Gasteiger partial charge in [-0.1, -0.05) is 6.42 Å². The molecule has 0 spiro atoms. The number of rotatable bonds is 3. The third-order valence-corrected chi connectivity index (χ3v) is 6.82. The first kappa shape index (κ1) is 21.2. The SMILES string of the molecule is C[C@H]1COc2c(N3CCN(C)CC3)c(F)cc3c(=O)c(C(=O)NN4CCCCC4)cn1c23. The van der Waals surface area contributed by atoms with E-state index in [1.807, 2.05) is 28.4 Å². The molecule has 3 aliphatic rings. The van der Waals surface area contributed by atoms with Crippen molar-refractivity contribution in [1.82, 2.24) is 19.9 Å². The van der Waals surface area contributed by atoms with E-state index >= 15 is 4.39 Å². The molecular weight excluding hydrogens is 413 g/mol. The summed E-state index contributed by atoms with van der Waals surface area (Å²) in [4.78, 5) is 30.5. The number of aromatic nitrogens is 1. The number of hydrazine groups is 1. The molecule has 0 unspecified atom stereocenters. The number of nitrogens with one attached hydrogen (secondary N) is 1. The Morgan fingerprint density at radius 1 is 1.12 bits per heavy atom. The Kier molecular flexibility index (Phi) is 5.54. The molecule has 0 aliphatic carbocycles. The fourth-order valence-corrected chi connectivity index (χ4v) is 4.91. The van der Waals surface area contributed by atoms with E-state index in [2.05, 4.69) is 10.3 Å². The second-order valence-corrected chi connectivity index (χ2v) is 9.15. The number of pyridine rings is 1. The normalized spacial score (nSPS) is 22.1. The summed E-state index contributed by atoms with van der Waals surface area (Å²) in [6.07, 6.45) is 4.79. The van der Waals surface area contributed by atoms with E-state index in [1.54, 1.807) is 6.20 Å². The lowest BCUT2D eigenvalue weighted by Gasteiger charge is -2.37. The van der Waals surface area contributed by atoms with Gasteiger partial charge in [0.25, 0.3) is 5.91 Å². The predicted molar refractivity (Wildman–Crippen MR) is 121 cm³/mol. The van der Waals surface area contributed by atoms with Gasteiger partial charge in [0.1, 0.15) is 17.9 Å². The minimum atomic E-state index is -0.483. The Morgan fingerprint density at radius 2 is 1.84 bits per heavy atom. The number of hydrogen-bond acceptors (Lipinski definition) is 6. The number of piperidine rings is 1. The van der Waals surface area contributed by atoms with Crippen LogP contribution in [0, 0.1) is 5.82 Å². The topological polar surface area (TPSA) is 70.1 Å². The van der Waals surface area contributed by atoms with E-state index in [0.29, 0.717) is 36.6 Å². The van der Waals surface area contributed by atoms with E-state index in [9.17, 15) is 9.59 Å². The lowest BCUT2D eigenvalue weighted by Crippen LogP contribution is -2.46. The van der Waals surface area contributed by atoms with E-state index in [4.69, 9.17) is 4.74 Å². The minimum Gasteiger partial charge on any atom is -0.487 e. The number of hydrogen-bond donors (Lipinski definition) is 1. The van der Waals surface area contributed by atoms with Crippen LogP contribution in [0.2, 0.25) is 0 Å². The summed E-state index contributed by atoms with van der Waals surface area (Å²) in [7, 11) is 2.05. The predicted octanol–water partition coefficient (Wildman–Crippen LogP) is 1.98. The molecule has 1 amide bonds. The third-order valence-electron chi connectivity index (χ3n) is 6.82. The van der Waals surface area contributed by atoms with Crippen molar-refractivity contribution >= 4 is 22.5 Å². The number of anilines is 1. The second-order valence-electron chi connectivity index (χ2n) is 9.15. The van der Waals surface area contributed by atoms with Gasteiger partial charge in [0.05, 0.1) is 16.9 Å². The molecule has 2 fully saturated rings. The molecule has 32 heavy (non-hydrogen) atoms. The molecule has 3 aliphatic heterocycles. The van der Waals surface area contributed by atoms with Gasteiger partial charge in [-0.3, -0.25) is 15.0 Å². The lowest BCUT2D eigenvalue weighted by molar-refractivity contribution is 0.0748. The lowest BCUT2D eigenvalue weighted by atomic mass is 10.0. The highest BCUT2D eigenvalue weighted by molar-refractivity contribution is 5.99. The van der Waals surface area contributed by atoms with E-state index in [1.165, 1.54) is 6.07 Å². The van der Waals surface area contributed by atoms with Crippen LogP contribution in [0.1, 0.15) is 42.6 Å². The summed E-state index contributed by atoms with van der Waals surface area (Å²) in [5, 5.41) is 2.05. The number of likely N-dealkylation sites (N-methyl/N-ethyl adjacent to an activating group) is 1. The van der Waals surface area contributed by atoms with Crippen LogP contribution in [0.15, 0.2) is 17.1 Å². The van der Waals surface area contributed by atoms with Crippen molar-refractivity contribution in [2.45, 2.75) is 32.2 Å². The Morgan fingerprint density at radius 3 is 2.56 bits per heavy atom. The van der Waals surface area contributed by atoms with Crippen molar-refractivity contribution in [3.05, 3.63) is 33.9 Å². The van der Waals surface area contributed by atoms with Crippen molar-refractivity contribution in [1.29, 1.82) is 0 Å². The fraction of sp³-hybridized carbons (Fsp3) is 0.565. The standard InChI is InChI=1S/C23H30FN5O3/c1-15-14-32-22-19-16(12-18(24)20(22)27-10-8-26(2)9-11-27)21(30)17(13-29(15)19)23(31)25-28-6-4-3-5-7-28/h12-13,15H,3-11,14H2,1-2H3,(H,25,31)/t15-/m0/s1. The smallest absolute Gasteiger partial charge is 0.271 e. The molecule has 1 aromatic heterocycles. The first-order valence-corrected chi connectivity index (χ1v) is 11.5. The zero-order valence-corrected chi connectivity index (χ0v) is 18.7. The highest BCUT2D eigenvalue weighted by Gasteiger charge is 2.31. The number of halogens is 1. The molecule has 172 valence electrons. The quantitative estimate of drug-likeness (QED) is 0.783. The van der Waals surface area contributed by atoms with Crippen LogP contribution in [-0.2, 0) is 0 Å². The van der Waals surface area contributed by atoms with Crippen molar-refractivity contribution < 1.29 is 13.9 Å². The molecule has 2 saturated heterocycles. The Bertz CT molecular complexity index is 1100. The van der Waals surface area contributed by atoms with Gasteiger partial charge in [0, 0.05) is 45.5 Å². The van der Waals surface area contributed by atoms with Crippen LogP contribution in [0.4, 0.5) is 10.1 Å². The summed E-state index contributed by atoms with van der Waals surface area (Å²) < 4.78 is 23.3. The van der Waals surface area contributed by atoms with Crippen LogP contribution in [0.3, 0.4) is 0 Å². The highest BCUT2D eigenvalue weighted by atomic mass is 19.1. The summed E-state index contributed by atoms with van der Waals surface area (Å²) in [6, 6.07) is 1.20. The Labute approximate surface area is 186 Å². The van der Waals surface area contributed by atoms with Gasteiger partial charge in [0.2, 0.25) is 5.43 Å². The van der Waals surface area contributed by atoms with Gasteiger partial charge >= 0.3 is 0 Å². The summed E-state index contributed by atoms with van der Waals surface area (Å²) in [5.74, 6) is -0.516. The monoisotopic (exact) mass is 443 g/mol. The maximum absolute atomic E-state index is 15.4. The maximum Gasteiger partial charge on any atom is 0.271 e. The number of piperazine rings is 1. The van der Waals surface area contributed by atoms with Crippen LogP contribution in [-0.4, -0.2) is 73.3 Å². The molecule has 5 rings (SSSR count). The van der Waals surface area contributed by atoms with Crippen LogP contribution in [0.25, 0.3) is 10.9 Å². The first-order chi connectivity index (χ1) is 15.4. The largest absolute Gasteiger partial charge is 0.487 e. The number of benzene rings is 1. The third kappa shape index (κ3) is 3.63. The molecule has 1 aromatic carbocycles. The second kappa shape index (κ2) is 8.37. The summed E-state index contributed by atoms with van der Waals surface area (Å²) in [6.45, 7) is 6.89. The van der Waals surface area contributed by atoms with Gasteiger partial charge < -0.3 is 19.1 Å². The Balaban J connectivity index is 1.60. The molecule has 0 saturated carbocycles. The number of ether oxygens (including phenoxy) is 1. The summed E-state index contributed by atoms with van der Waals surface area (Å²) >= 11 is 0. The minimum absolute atomic E-state index is 0.0366. The van der Waals surface area contributed by atoms with Crippen molar-refractivity contribution in [2.24, 2.45) is 0 Å². The molecule has 0 radical (unpaired) electrons. The van der Waals surface area contributed by atoms with Crippen LogP contribution >= 0.6 is 0 Å². The molecule has 0 bridgehead atoms. The van der Waals surface area contributed by atoms with Gasteiger partial charge in [-0.15, -0.1) is 0 Å². The van der Waals surface area contributed by atoms with Crippen molar-refractivity contribution in [2.75, 3.05) is 57.8 Å². The molecule has 9 heteroatoms. The Hall–Kier alpha value is -2.65. The zero-order chi connectivity index (χ0) is 22.4. The molecule has 8 nitrogen and oxygen atoms in total. The number of carbonyl (C=O) groups excluding carboxylic acids is 1. The number of amides is 1. The fourth-order valence-electron chi connectivity index (χ4n) is 4.91. The van der Waals surface area contributed by atoms with E-state index in [0.717, 1.165) is 45.4 Å². The molecule has 2 aromatic rings. The molecule has 4 heterocycles. The van der Waals surface area contributed by atoms with Crippen molar-refractivity contribution in [3.8, 4) is 5.75 Å². The molecule has 1 N–H and O–H groups in total. The number of nitrogens with zero attached hydrogens (tertiary/aromatic N) is 4. The number of carbonyl (C=O) groups is 1. The van der Waals surface area contributed by atoms with Gasteiger partial charge in [0.15, 0.2) is 11.6 Å². The zero-order valence-electron chi connectivity index (χ0n) is 18.7. The van der Waals surface area contributed by atoms with Gasteiger partial charge in [-0.05, 0) is 32.9 Å². The van der Waals surface area contributed by atoms with E-state index in [-0.39, 0.29) is 17.0 Å². The van der Waals surface area contributed by atoms with E-state index < -0.39 is 17.2 Å². The van der Waals surface area contributed by atoms with Crippen molar-refractivity contribution in [3.63, 3.8) is 0 Å². The average Bonchev–Trinajstić information content (AvgIpc) is 2.79. The average molecular weight is 444 g/mol. The maximum atomic E-state index is 15.4. The summed E-state index contributed by atoms with van der Waals surface area (Å²) in [5.41, 5.74) is 3.42. The van der Waals surface area contributed by atoms with Crippen LogP contribution in [0.5, 0.6) is 5.75 Å². The molecular formula is C23H30FN5O3. The highest BCUT2D eigenvalue weighted by Crippen LogP contribution is 2.42. The van der Waals surface area contributed by atoms with Gasteiger partial charge in [-0.2, -0.15) is 0 Å². The molecule has 1 atom stereocenters.